The summed E-state index contributed by atoms with van der Waals surface area (Å²) in [5.74, 6) is -1.65. The molecule has 1 saturated heterocycles. The first-order chi connectivity index (χ1) is 14.1. The highest BCUT2D eigenvalue weighted by molar-refractivity contribution is 5.90. The van der Waals surface area contributed by atoms with Crippen molar-refractivity contribution in [1.29, 1.82) is 5.26 Å². The topological polar surface area (TPSA) is 57.0 Å². The predicted octanol–water partition coefficient (Wildman–Crippen LogP) is 4.64. The van der Waals surface area contributed by atoms with E-state index in [2.05, 4.69) is 4.98 Å². The van der Waals surface area contributed by atoms with Crippen LogP contribution in [0.25, 0.3) is 0 Å². The second-order valence-corrected chi connectivity index (χ2v) is 8.36. The number of aromatic nitrogens is 1. The van der Waals surface area contributed by atoms with Crippen LogP contribution in [0.15, 0.2) is 48.7 Å². The van der Waals surface area contributed by atoms with Gasteiger partial charge in [-0.15, -0.1) is 0 Å². The molecule has 4 nitrogen and oxygen atoms in total. The number of aryl methyl sites for hydroxylation is 1. The van der Waals surface area contributed by atoms with Crippen LogP contribution >= 0.6 is 0 Å². The highest BCUT2D eigenvalue weighted by Gasteiger charge is 2.56. The molecular weight excluding hydrogens is 391 g/mol. The van der Waals surface area contributed by atoms with E-state index < -0.39 is 22.9 Å². The van der Waals surface area contributed by atoms with Gasteiger partial charge in [0.15, 0.2) is 0 Å². The van der Waals surface area contributed by atoms with Crippen LogP contribution in [0, 0.1) is 16.7 Å². The van der Waals surface area contributed by atoms with Gasteiger partial charge < -0.3 is 0 Å². The Hall–Kier alpha value is -2.72. The molecule has 0 saturated carbocycles. The maximum absolute atomic E-state index is 13.5. The molecule has 1 fully saturated rings. The zero-order valence-electron chi connectivity index (χ0n) is 17.0. The minimum atomic E-state index is -4.88. The molecule has 2 heterocycles. The maximum Gasteiger partial charge on any atom is 0.450 e. The van der Waals surface area contributed by atoms with Crippen molar-refractivity contribution in [2.24, 2.45) is 5.41 Å². The fourth-order valence-electron chi connectivity index (χ4n) is 4.17. The van der Waals surface area contributed by atoms with Crippen molar-refractivity contribution >= 4 is 5.78 Å². The zero-order chi connectivity index (χ0) is 22.0. The fraction of sp³-hybridized carbons (Fsp3) is 0.435. The predicted molar refractivity (Wildman–Crippen MR) is 106 cm³/mol. The quantitative estimate of drug-likeness (QED) is 0.690. The van der Waals surface area contributed by atoms with Crippen LogP contribution < -0.4 is 0 Å². The normalized spacial score (nSPS) is 20.1. The molecule has 1 aromatic heterocycles. The van der Waals surface area contributed by atoms with Crippen LogP contribution in [0.2, 0.25) is 0 Å². The van der Waals surface area contributed by atoms with Gasteiger partial charge in [0.2, 0.25) is 5.78 Å². The average Bonchev–Trinajstić information content (AvgIpc) is 3.18. The van der Waals surface area contributed by atoms with Crippen molar-refractivity contribution < 1.29 is 18.0 Å². The van der Waals surface area contributed by atoms with Gasteiger partial charge in [-0.05, 0) is 62.9 Å². The summed E-state index contributed by atoms with van der Waals surface area (Å²) in [4.78, 5) is 18.8. The number of ketones is 1. The number of likely N-dealkylation sites (tertiary alicyclic amines) is 1. The third-order valence-electron chi connectivity index (χ3n) is 6.15. The monoisotopic (exact) mass is 415 g/mol. The van der Waals surface area contributed by atoms with E-state index in [1.807, 2.05) is 36.9 Å². The SMILES string of the molecule is CC(C)(c1ccccn1)N1CC[C@@](CCc2ccc(C#N)cc2)(C(=O)C(F)(F)F)C1. The second-order valence-electron chi connectivity index (χ2n) is 8.36. The molecule has 0 unspecified atom stereocenters. The Morgan fingerprint density at radius 3 is 2.47 bits per heavy atom. The first-order valence-electron chi connectivity index (χ1n) is 9.86. The molecule has 1 atom stereocenters. The molecule has 0 N–H and O–H groups in total. The standard InChI is InChI=1S/C23H24F3N3O/c1-21(2,19-5-3-4-13-28-19)29-14-12-22(16-29,20(30)23(24,25)26)11-10-17-6-8-18(15-27)9-7-17/h3-9,13H,10-12,14,16H2,1-2H3/t22-/m1/s1. The van der Waals surface area contributed by atoms with Gasteiger partial charge in [0.1, 0.15) is 0 Å². The number of nitrogens with zero attached hydrogens (tertiary/aromatic N) is 3. The third kappa shape index (κ3) is 4.39. The van der Waals surface area contributed by atoms with Crippen molar-refractivity contribution in [3.8, 4) is 6.07 Å². The number of hydrogen-bond donors (Lipinski definition) is 0. The van der Waals surface area contributed by atoms with Crippen molar-refractivity contribution in [3.05, 3.63) is 65.5 Å². The second kappa shape index (κ2) is 8.19. The number of rotatable bonds is 6. The summed E-state index contributed by atoms with van der Waals surface area (Å²) < 4.78 is 40.5. The van der Waals surface area contributed by atoms with Gasteiger partial charge in [-0.2, -0.15) is 18.4 Å². The Balaban J connectivity index is 1.84. The largest absolute Gasteiger partial charge is 0.450 e. The van der Waals surface area contributed by atoms with Crippen molar-refractivity contribution in [2.75, 3.05) is 13.1 Å². The molecule has 0 radical (unpaired) electrons. The highest BCUT2D eigenvalue weighted by atomic mass is 19.4. The lowest BCUT2D eigenvalue weighted by Crippen LogP contribution is -2.47. The summed E-state index contributed by atoms with van der Waals surface area (Å²) in [6.45, 7) is 4.26. The molecule has 0 bridgehead atoms. The Morgan fingerprint density at radius 1 is 1.20 bits per heavy atom. The minimum Gasteiger partial charge on any atom is -0.292 e. The molecule has 1 aliphatic heterocycles. The number of nitriles is 1. The number of carbonyl (C=O) groups excluding carboxylic acids is 1. The van der Waals surface area contributed by atoms with Gasteiger partial charge in [0, 0.05) is 19.3 Å². The van der Waals surface area contributed by atoms with Gasteiger partial charge in [-0.1, -0.05) is 18.2 Å². The number of Topliss-reactive ketones (excluding diaryl/α,β-unsaturated/α-hetero) is 1. The number of pyridine rings is 1. The Kier molecular flexibility index (Phi) is 6.00. The zero-order valence-corrected chi connectivity index (χ0v) is 17.0. The first kappa shape index (κ1) is 22.0. The summed E-state index contributed by atoms with van der Waals surface area (Å²) in [5.41, 5.74) is -0.0243. The van der Waals surface area contributed by atoms with E-state index in [9.17, 15) is 18.0 Å². The number of hydrogen-bond acceptors (Lipinski definition) is 4. The maximum atomic E-state index is 13.5. The fourth-order valence-corrected chi connectivity index (χ4v) is 4.17. The highest BCUT2D eigenvalue weighted by Crippen LogP contribution is 2.45. The van der Waals surface area contributed by atoms with Gasteiger partial charge >= 0.3 is 6.18 Å². The summed E-state index contributed by atoms with van der Waals surface area (Å²) in [7, 11) is 0. The van der Waals surface area contributed by atoms with Gasteiger partial charge in [0.05, 0.1) is 28.3 Å². The van der Waals surface area contributed by atoms with E-state index in [4.69, 9.17) is 5.26 Å². The third-order valence-corrected chi connectivity index (χ3v) is 6.15. The van der Waals surface area contributed by atoms with E-state index >= 15 is 0 Å². The molecule has 3 rings (SSSR count). The van der Waals surface area contributed by atoms with Crippen LogP contribution in [0.3, 0.4) is 0 Å². The van der Waals surface area contributed by atoms with E-state index in [1.165, 1.54) is 0 Å². The molecule has 0 aliphatic carbocycles. The van der Waals surface area contributed by atoms with Crippen LogP contribution in [-0.2, 0) is 16.8 Å². The van der Waals surface area contributed by atoms with E-state index in [0.717, 1.165) is 11.3 Å². The van der Waals surface area contributed by atoms with Crippen LogP contribution in [-0.4, -0.2) is 34.9 Å². The van der Waals surface area contributed by atoms with Crippen LogP contribution in [0.1, 0.15) is 43.5 Å². The average molecular weight is 415 g/mol. The number of halogens is 3. The molecular formula is C23H24F3N3O. The Labute approximate surface area is 174 Å². The first-order valence-corrected chi connectivity index (χ1v) is 9.86. The Bertz CT molecular complexity index is 933. The van der Waals surface area contributed by atoms with E-state index in [1.54, 1.807) is 36.5 Å². The van der Waals surface area contributed by atoms with Crippen molar-refractivity contribution in [3.63, 3.8) is 0 Å². The molecule has 1 aromatic carbocycles. The van der Waals surface area contributed by atoms with Crippen LogP contribution in [0.4, 0.5) is 13.2 Å². The molecule has 158 valence electrons. The van der Waals surface area contributed by atoms with E-state index in [-0.39, 0.29) is 19.4 Å². The lowest BCUT2D eigenvalue weighted by atomic mass is 9.77. The number of benzene rings is 1. The van der Waals surface area contributed by atoms with Gasteiger partial charge in [-0.25, -0.2) is 0 Å². The smallest absolute Gasteiger partial charge is 0.292 e. The van der Waals surface area contributed by atoms with Gasteiger partial charge in [-0.3, -0.25) is 14.7 Å². The lowest BCUT2D eigenvalue weighted by molar-refractivity contribution is -0.182. The van der Waals surface area contributed by atoms with Crippen molar-refractivity contribution in [1.82, 2.24) is 9.88 Å². The molecule has 0 spiro atoms. The van der Waals surface area contributed by atoms with Gasteiger partial charge in [0.25, 0.3) is 0 Å². The minimum absolute atomic E-state index is 0.0329. The summed E-state index contributed by atoms with van der Waals surface area (Å²) in [6, 6.07) is 14.2. The number of alkyl halides is 3. The summed E-state index contributed by atoms with van der Waals surface area (Å²) >= 11 is 0. The molecule has 7 heteroatoms. The number of carbonyl (C=O) groups is 1. The Morgan fingerprint density at radius 2 is 1.90 bits per heavy atom. The molecule has 2 aromatic rings. The van der Waals surface area contributed by atoms with Crippen molar-refractivity contribution in [2.45, 2.75) is 44.8 Å². The lowest BCUT2D eigenvalue weighted by Gasteiger charge is -2.37. The molecule has 30 heavy (non-hydrogen) atoms. The van der Waals surface area contributed by atoms with E-state index in [0.29, 0.717) is 18.5 Å². The molecule has 0 amide bonds. The summed E-state index contributed by atoms with van der Waals surface area (Å²) in [6.07, 6.45) is -2.63. The molecule has 1 aliphatic rings. The summed E-state index contributed by atoms with van der Waals surface area (Å²) in [5, 5.41) is 8.90. The van der Waals surface area contributed by atoms with Crippen LogP contribution in [0.5, 0.6) is 0 Å².